The number of primary amides is 1. The van der Waals surface area contributed by atoms with E-state index in [4.69, 9.17) is 5.73 Å². The molecule has 100 valence electrons. The monoisotopic (exact) mass is 262 g/mol. The van der Waals surface area contributed by atoms with Crippen LogP contribution in [-0.4, -0.2) is 48.9 Å². The van der Waals surface area contributed by atoms with Gasteiger partial charge in [-0.15, -0.1) is 0 Å². The maximum atomic E-state index is 11.9. The van der Waals surface area contributed by atoms with Crippen LogP contribution >= 0.6 is 0 Å². The second-order valence-electron chi connectivity index (χ2n) is 5.53. The van der Waals surface area contributed by atoms with E-state index in [9.17, 15) is 13.2 Å². The van der Waals surface area contributed by atoms with E-state index in [-0.39, 0.29) is 17.7 Å². The Bertz CT molecular complexity index is 384. The van der Waals surface area contributed by atoms with Gasteiger partial charge in [0.2, 0.25) is 5.91 Å². The molecule has 0 unspecified atom stereocenters. The molecule has 0 aromatic heterocycles. The minimum atomic E-state index is -3.13. The van der Waals surface area contributed by atoms with Gasteiger partial charge in [-0.3, -0.25) is 9.69 Å². The molecule has 1 aliphatic heterocycles. The van der Waals surface area contributed by atoms with Gasteiger partial charge in [-0.05, 0) is 40.2 Å². The van der Waals surface area contributed by atoms with Crippen molar-refractivity contribution in [2.24, 2.45) is 5.73 Å². The van der Waals surface area contributed by atoms with Gasteiger partial charge in [0, 0.05) is 6.54 Å². The minimum Gasteiger partial charge on any atom is -0.368 e. The number of nitrogens with zero attached hydrogens (tertiary/aromatic N) is 1. The average Bonchev–Trinajstić information content (AvgIpc) is 2.60. The Labute approximate surface area is 103 Å². The topological polar surface area (TPSA) is 80.5 Å². The third-order valence-electron chi connectivity index (χ3n) is 3.27. The summed E-state index contributed by atoms with van der Waals surface area (Å²) < 4.78 is 23.1. The summed E-state index contributed by atoms with van der Waals surface area (Å²) in [4.78, 5) is 13.0. The second kappa shape index (κ2) is 4.94. The number of carbonyl (C=O) groups excluding carboxylic acids is 1. The van der Waals surface area contributed by atoms with Crippen LogP contribution in [0.2, 0.25) is 0 Å². The largest absolute Gasteiger partial charge is 0.368 e. The van der Waals surface area contributed by atoms with Crippen molar-refractivity contribution in [3.63, 3.8) is 0 Å². The highest BCUT2D eigenvalue weighted by Gasteiger charge is 2.33. The van der Waals surface area contributed by atoms with Gasteiger partial charge in [-0.25, -0.2) is 8.42 Å². The van der Waals surface area contributed by atoms with E-state index in [1.165, 1.54) is 0 Å². The zero-order chi connectivity index (χ0) is 13.3. The van der Waals surface area contributed by atoms with Crippen LogP contribution in [0.25, 0.3) is 0 Å². The highest BCUT2D eigenvalue weighted by atomic mass is 32.2. The van der Waals surface area contributed by atoms with E-state index in [2.05, 4.69) is 0 Å². The Balaban J connectivity index is 2.60. The summed E-state index contributed by atoms with van der Waals surface area (Å²) in [6.45, 7) is 6.23. The molecule has 0 bridgehead atoms. The lowest BCUT2D eigenvalue weighted by Crippen LogP contribution is -2.43. The molecular weight excluding hydrogens is 240 g/mol. The van der Waals surface area contributed by atoms with Crippen LogP contribution in [0.1, 0.15) is 33.6 Å². The van der Waals surface area contributed by atoms with Crippen molar-refractivity contribution in [3.05, 3.63) is 0 Å². The van der Waals surface area contributed by atoms with Crippen LogP contribution < -0.4 is 5.73 Å². The molecule has 1 heterocycles. The maximum absolute atomic E-state index is 11.9. The minimum absolute atomic E-state index is 0.0836. The zero-order valence-electron chi connectivity index (χ0n) is 10.8. The van der Waals surface area contributed by atoms with Crippen molar-refractivity contribution >= 4 is 15.7 Å². The van der Waals surface area contributed by atoms with Gasteiger partial charge < -0.3 is 5.73 Å². The standard InChI is InChI=1S/C11H22N2O3S/c1-11(2,3)17(15,16)8-7-13-6-4-5-9(13)10(12)14/h9H,4-8H2,1-3H3,(H2,12,14)/t9-/m1/s1. The van der Waals surface area contributed by atoms with E-state index >= 15 is 0 Å². The van der Waals surface area contributed by atoms with Gasteiger partial charge in [-0.2, -0.15) is 0 Å². The molecule has 1 rings (SSSR count). The molecule has 2 N–H and O–H groups in total. The van der Waals surface area contributed by atoms with Gasteiger partial charge in [0.1, 0.15) is 0 Å². The molecule has 1 fully saturated rings. The predicted octanol–water partition coefficient (Wildman–Crippen LogP) is 0.149. The highest BCUT2D eigenvalue weighted by Crippen LogP contribution is 2.20. The van der Waals surface area contributed by atoms with Crippen molar-refractivity contribution in [2.45, 2.75) is 44.4 Å². The molecule has 17 heavy (non-hydrogen) atoms. The Morgan fingerprint density at radius 3 is 2.47 bits per heavy atom. The Hall–Kier alpha value is -0.620. The van der Waals surface area contributed by atoms with Gasteiger partial charge >= 0.3 is 0 Å². The molecular formula is C11H22N2O3S. The number of hydrogen-bond donors (Lipinski definition) is 1. The zero-order valence-corrected chi connectivity index (χ0v) is 11.6. The molecule has 0 saturated carbocycles. The first-order chi connectivity index (χ1) is 7.65. The Kier molecular flexibility index (Phi) is 4.19. The number of hydrogen-bond acceptors (Lipinski definition) is 4. The lowest BCUT2D eigenvalue weighted by molar-refractivity contribution is -0.122. The van der Waals surface area contributed by atoms with E-state index in [1.54, 1.807) is 20.8 Å². The number of nitrogens with two attached hydrogens (primary N) is 1. The summed E-state index contributed by atoms with van der Waals surface area (Å²) in [6, 6.07) is -0.287. The number of amides is 1. The average molecular weight is 262 g/mol. The predicted molar refractivity (Wildman–Crippen MR) is 67.3 cm³/mol. The molecule has 0 aliphatic carbocycles. The quantitative estimate of drug-likeness (QED) is 0.782. The second-order valence-corrected chi connectivity index (χ2v) is 8.39. The van der Waals surface area contributed by atoms with Crippen LogP contribution in [-0.2, 0) is 14.6 Å². The summed E-state index contributed by atoms with van der Waals surface area (Å²) in [7, 11) is -3.13. The van der Waals surface area contributed by atoms with Crippen LogP contribution in [0.15, 0.2) is 0 Å². The molecule has 5 nitrogen and oxygen atoms in total. The number of carbonyl (C=O) groups is 1. The molecule has 0 aromatic carbocycles. The first-order valence-corrected chi connectivity index (χ1v) is 7.56. The summed E-state index contributed by atoms with van der Waals surface area (Å²) >= 11 is 0. The fourth-order valence-corrected chi connectivity index (χ4v) is 3.05. The summed E-state index contributed by atoms with van der Waals surface area (Å²) in [5.74, 6) is -0.268. The molecule has 1 atom stereocenters. The highest BCUT2D eigenvalue weighted by molar-refractivity contribution is 7.92. The number of sulfone groups is 1. The van der Waals surface area contributed by atoms with Gasteiger partial charge in [-0.1, -0.05) is 0 Å². The lowest BCUT2D eigenvalue weighted by Gasteiger charge is -2.24. The fraction of sp³-hybridized carbons (Fsp3) is 0.909. The van der Waals surface area contributed by atoms with E-state index in [0.717, 1.165) is 19.4 Å². The number of likely N-dealkylation sites (tertiary alicyclic amines) is 1. The van der Waals surface area contributed by atoms with Crippen LogP contribution in [0, 0.1) is 0 Å². The fourth-order valence-electron chi connectivity index (χ4n) is 1.96. The summed E-state index contributed by atoms with van der Waals surface area (Å²) in [6.07, 6.45) is 1.65. The summed E-state index contributed by atoms with van der Waals surface area (Å²) in [5, 5.41) is 0. The first kappa shape index (κ1) is 14.4. The maximum Gasteiger partial charge on any atom is 0.234 e. The van der Waals surface area contributed by atoms with Crippen molar-refractivity contribution in [3.8, 4) is 0 Å². The Morgan fingerprint density at radius 2 is 2.00 bits per heavy atom. The SMILES string of the molecule is CC(C)(C)S(=O)(=O)CCN1CCC[C@@H]1C(N)=O. The molecule has 1 amide bonds. The van der Waals surface area contributed by atoms with Gasteiger partial charge in [0.25, 0.3) is 0 Å². The van der Waals surface area contributed by atoms with Crippen molar-refractivity contribution < 1.29 is 13.2 Å². The molecule has 1 aliphatic rings. The van der Waals surface area contributed by atoms with Gasteiger partial charge in [0.05, 0.1) is 16.5 Å². The molecule has 0 radical (unpaired) electrons. The Morgan fingerprint density at radius 1 is 1.41 bits per heavy atom. The van der Waals surface area contributed by atoms with Crippen molar-refractivity contribution in [1.29, 1.82) is 0 Å². The third-order valence-corrected chi connectivity index (χ3v) is 5.86. The molecule has 0 aromatic rings. The lowest BCUT2D eigenvalue weighted by atomic mass is 10.2. The van der Waals surface area contributed by atoms with Crippen LogP contribution in [0.4, 0.5) is 0 Å². The van der Waals surface area contributed by atoms with Crippen LogP contribution in [0.5, 0.6) is 0 Å². The van der Waals surface area contributed by atoms with E-state index in [1.807, 2.05) is 4.90 Å². The van der Waals surface area contributed by atoms with Crippen molar-refractivity contribution in [1.82, 2.24) is 4.90 Å². The third kappa shape index (κ3) is 3.42. The summed E-state index contributed by atoms with van der Waals surface area (Å²) in [5.41, 5.74) is 5.28. The van der Waals surface area contributed by atoms with E-state index < -0.39 is 14.6 Å². The molecule has 0 spiro atoms. The molecule has 6 heteroatoms. The smallest absolute Gasteiger partial charge is 0.234 e. The first-order valence-electron chi connectivity index (χ1n) is 5.91. The van der Waals surface area contributed by atoms with E-state index in [0.29, 0.717) is 6.54 Å². The number of rotatable bonds is 4. The van der Waals surface area contributed by atoms with Crippen LogP contribution in [0.3, 0.4) is 0 Å². The van der Waals surface area contributed by atoms with Crippen molar-refractivity contribution in [2.75, 3.05) is 18.8 Å². The molecule has 1 saturated heterocycles. The normalized spacial score (nSPS) is 22.9. The van der Waals surface area contributed by atoms with Gasteiger partial charge in [0.15, 0.2) is 9.84 Å².